The van der Waals surface area contributed by atoms with Crippen LogP contribution in [-0.2, 0) is 21.9 Å². The molecule has 0 atom stereocenters. The van der Waals surface area contributed by atoms with Crippen molar-refractivity contribution in [3.05, 3.63) is 53.6 Å². The third kappa shape index (κ3) is 4.18. The largest absolute Gasteiger partial charge is 0.497 e. The van der Waals surface area contributed by atoms with Crippen LogP contribution in [-0.4, -0.2) is 29.2 Å². The van der Waals surface area contributed by atoms with Crippen LogP contribution in [0.4, 0.5) is 0 Å². The van der Waals surface area contributed by atoms with Gasteiger partial charge in [0.05, 0.1) is 14.2 Å². The molecular weight excluding hydrogens is 374 g/mol. The zero-order valence-corrected chi connectivity index (χ0v) is 17.6. The van der Waals surface area contributed by atoms with Crippen LogP contribution in [0.1, 0.15) is 43.7 Å². The molecule has 1 N–H and O–H groups in total. The topological polar surface area (TPSA) is 64.6 Å². The second-order valence-electron chi connectivity index (χ2n) is 7.38. The molecule has 152 valence electrons. The Hall–Kier alpha value is -2.05. The van der Waals surface area contributed by atoms with Gasteiger partial charge in [0.15, 0.2) is 0 Å². The number of benzene rings is 2. The maximum atomic E-state index is 13.1. The quantitative estimate of drug-likeness (QED) is 0.722. The Bertz CT molecular complexity index is 901. The number of methoxy groups -OCH3 is 2. The van der Waals surface area contributed by atoms with Gasteiger partial charge >= 0.3 is 0 Å². The Labute approximate surface area is 168 Å². The zero-order valence-electron chi connectivity index (χ0n) is 16.8. The smallest absolute Gasteiger partial charge is 0.244 e. The lowest BCUT2D eigenvalue weighted by atomic mass is 9.79. The Morgan fingerprint density at radius 1 is 1.00 bits per heavy atom. The first kappa shape index (κ1) is 20.7. The average Bonchev–Trinajstić information content (AvgIpc) is 3.22. The van der Waals surface area contributed by atoms with E-state index < -0.39 is 10.0 Å². The number of hydrogen-bond donors (Lipinski definition) is 1. The molecule has 0 unspecified atom stereocenters. The minimum atomic E-state index is -3.68. The van der Waals surface area contributed by atoms with E-state index in [4.69, 9.17) is 9.47 Å². The minimum absolute atomic E-state index is 0.186. The molecule has 0 aliphatic heterocycles. The summed E-state index contributed by atoms with van der Waals surface area (Å²) in [7, 11) is -0.541. The number of hydrogen-bond acceptors (Lipinski definition) is 4. The van der Waals surface area contributed by atoms with Crippen LogP contribution in [0.3, 0.4) is 0 Å². The van der Waals surface area contributed by atoms with Gasteiger partial charge in [0.1, 0.15) is 16.4 Å². The van der Waals surface area contributed by atoms with Gasteiger partial charge in [0.25, 0.3) is 0 Å². The van der Waals surface area contributed by atoms with Gasteiger partial charge < -0.3 is 9.47 Å². The second-order valence-corrected chi connectivity index (χ2v) is 9.11. The monoisotopic (exact) mass is 403 g/mol. The molecule has 28 heavy (non-hydrogen) atoms. The van der Waals surface area contributed by atoms with Gasteiger partial charge in [-0.1, -0.05) is 38.0 Å². The van der Waals surface area contributed by atoms with Crippen molar-refractivity contribution in [2.45, 2.75) is 49.3 Å². The number of nitrogens with one attached hydrogen (secondary N) is 1. The first-order chi connectivity index (χ1) is 13.4. The highest BCUT2D eigenvalue weighted by atomic mass is 32.2. The van der Waals surface area contributed by atoms with E-state index in [0.29, 0.717) is 12.3 Å². The molecule has 0 bridgehead atoms. The summed E-state index contributed by atoms with van der Waals surface area (Å²) in [4.78, 5) is 0.206. The van der Waals surface area contributed by atoms with E-state index in [1.807, 2.05) is 25.1 Å². The molecule has 1 saturated carbocycles. The summed E-state index contributed by atoms with van der Waals surface area (Å²) >= 11 is 0. The summed E-state index contributed by atoms with van der Waals surface area (Å²) in [6.07, 6.45) is 4.90. The van der Waals surface area contributed by atoms with Crippen molar-refractivity contribution in [1.29, 1.82) is 0 Å². The van der Waals surface area contributed by atoms with E-state index in [2.05, 4.69) is 16.9 Å². The lowest BCUT2D eigenvalue weighted by Crippen LogP contribution is -2.39. The van der Waals surface area contributed by atoms with Crippen molar-refractivity contribution in [3.63, 3.8) is 0 Å². The lowest BCUT2D eigenvalue weighted by molar-refractivity contribution is 0.400. The van der Waals surface area contributed by atoms with Gasteiger partial charge in [-0.25, -0.2) is 13.1 Å². The number of ether oxygens (including phenoxy) is 2. The molecule has 0 aromatic heterocycles. The SMILES string of the molecule is CCc1ccc(OC)c(S(=O)(=O)NCC2(c3ccc(OC)cc3)CCCC2)c1. The predicted octanol–water partition coefficient (Wildman–Crippen LogP) is 4.06. The third-order valence-electron chi connectivity index (χ3n) is 5.79. The van der Waals surface area contributed by atoms with Crippen LogP contribution in [0.2, 0.25) is 0 Å². The van der Waals surface area contributed by atoms with E-state index in [1.165, 1.54) is 7.11 Å². The van der Waals surface area contributed by atoms with E-state index in [0.717, 1.165) is 49.0 Å². The molecule has 1 aliphatic rings. The summed E-state index contributed by atoms with van der Waals surface area (Å²) in [5, 5.41) is 0. The van der Waals surface area contributed by atoms with E-state index in [-0.39, 0.29) is 10.3 Å². The van der Waals surface area contributed by atoms with Gasteiger partial charge in [-0.15, -0.1) is 0 Å². The average molecular weight is 404 g/mol. The zero-order chi connectivity index (χ0) is 20.2. The highest BCUT2D eigenvalue weighted by Gasteiger charge is 2.37. The summed E-state index contributed by atoms with van der Waals surface area (Å²) < 4.78 is 39.6. The Morgan fingerprint density at radius 2 is 1.68 bits per heavy atom. The summed E-state index contributed by atoms with van der Waals surface area (Å²) in [5.41, 5.74) is 1.93. The van der Waals surface area contributed by atoms with Crippen LogP contribution in [0.5, 0.6) is 11.5 Å². The molecule has 0 heterocycles. The maximum absolute atomic E-state index is 13.1. The van der Waals surface area contributed by atoms with Gasteiger partial charge in [-0.05, 0) is 54.7 Å². The maximum Gasteiger partial charge on any atom is 0.244 e. The molecule has 6 heteroatoms. The van der Waals surface area contributed by atoms with Gasteiger partial charge in [-0.3, -0.25) is 0 Å². The highest BCUT2D eigenvalue weighted by Crippen LogP contribution is 2.41. The molecule has 0 radical (unpaired) electrons. The number of aryl methyl sites for hydroxylation is 1. The van der Waals surface area contributed by atoms with Crippen LogP contribution >= 0.6 is 0 Å². The second kappa shape index (κ2) is 8.53. The number of rotatable bonds is 8. The van der Waals surface area contributed by atoms with E-state index >= 15 is 0 Å². The molecule has 1 fully saturated rings. The first-order valence-electron chi connectivity index (χ1n) is 9.75. The molecule has 2 aromatic rings. The Kier molecular flexibility index (Phi) is 6.30. The third-order valence-corrected chi connectivity index (χ3v) is 7.21. The van der Waals surface area contributed by atoms with Crippen molar-refractivity contribution >= 4 is 10.0 Å². The highest BCUT2D eigenvalue weighted by molar-refractivity contribution is 7.89. The van der Waals surface area contributed by atoms with Crippen molar-refractivity contribution in [3.8, 4) is 11.5 Å². The molecule has 0 saturated heterocycles. The standard InChI is InChI=1S/C22H29NO4S/c1-4-17-7-12-20(27-3)21(15-17)28(24,25)23-16-22(13-5-6-14-22)18-8-10-19(26-2)11-9-18/h7-12,15,23H,4-6,13-14,16H2,1-3H3. The molecule has 0 spiro atoms. The van der Waals surface area contributed by atoms with Crippen LogP contribution in [0, 0.1) is 0 Å². The Morgan fingerprint density at radius 3 is 2.25 bits per heavy atom. The van der Waals surface area contributed by atoms with Crippen LogP contribution in [0.25, 0.3) is 0 Å². The fourth-order valence-electron chi connectivity index (χ4n) is 4.03. The van der Waals surface area contributed by atoms with Crippen LogP contribution in [0.15, 0.2) is 47.4 Å². The summed E-state index contributed by atoms with van der Waals surface area (Å²) in [6.45, 7) is 2.38. The minimum Gasteiger partial charge on any atom is -0.497 e. The molecule has 3 rings (SSSR count). The van der Waals surface area contributed by atoms with Gasteiger partial charge in [0, 0.05) is 12.0 Å². The number of sulfonamides is 1. The first-order valence-corrected chi connectivity index (χ1v) is 11.2. The van der Waals surface area contributed by atoms with Crippen molar-refractivity contribution < 1.29 is 17.9 Å². The molecule has 1 aliphatic carbocycles. The van der Waals surface area contributed by atoms with Crippen molar-refractivity contribution in [1.82, 2.24) is 4.72 Å². The van der Waals surface area contributed by atoms with Gasteiger partial charge in [0.2, 0.25) is 10.0 Å². The Balaban J connectivity index is 1.87. The fraction of sp³-hybridized carbons (Fsp3) is 0.455. The predicted molar refractivity (Wildman–Crippen MR) is 111 cm³/mol. The van der Waals surface area contributed by atoms with Crippen molar-refractivity contribution in [2.75, 3.05) is 20.8 Å². The van der Waals surface area contributed by atoms with Crippen molar-refractivity contribution in [2.24, 2.45) is 0 Å². The molecule has 2 aromatic carbocycles. The van der Waals surface area contributed by atoms with Gasteiger partial charge in [-0.2, -0.15) is 0 Å². The normalized spacial score (nSPS) is 16.1. The van der Waals surface area contributed by atoms with Crippen LogP contribution < -0.4 is 14.2 Å². The lowest BCUT2D eigenvalue weighted by Gasteiger charge is -2.30. The molecular formula is C22H29NO4S. The summed E-state index contributed by atoms with van der Waals surface area (Å²) in [6, 6.07) is 13.3. The van der Waals surface area contributed by atoms with E-state index in [9.17, 15) is 8.42 Å². The molecule has 5 nitrogen and oxygen atoms in total. The molecule has 0 amide bonds. The van der Waals surface area contributed by atoms with E-state index in [1.54, 1.807) is 19.2 Å². The fourth-order valence-corrected chi connectivity index (χ4v) is 5.37. The summed E-state index contributed by atoms with van der Waals surface area (Å²) in [5.74, 6) is 1.17.